The van der Waals surface area contributed by atoms with Gasteiger partial charge in [0.25, 0.3) is 5.56 Å². The summed E-state index contributed by atoms with van der Waals surface area (Å²) in [6, 6.07) is 2.24. The summed E-state index contributed by atoms with van der Waals surface area (Å²) < 4.78 is 2.39. The molecule has 0 aliphatic heterocycles. The van der Waals surface area contributed by atoms with E-state index in [2.05, 4.69) is 6.92 Å². The molecular formula is C15H22N4O2. The van der Waals surface area contributed by atoms with E-state index in [1.54, 1.807) is 7.05 Å². The molecule has 1 aliphatic carbocycles. The molecule has 1 heterocycles. The molecule has 0 unspecified atom stereocenters. The number of hydrogen-bond acceptors (Lipinski definition) is 4. The van der Waals surface area contributed by atoms with Crippen molar-refractivity contribution in [3.63, 3.8) is 0 Å². The third-order valence-corrected chi connectivity index (χ3v) is 4.61. The Morgan fingerprint density at radius 3 is 2.24 bits per heavy atom. The normalized spacial score (nSPS) is 21.9. The minimum atomic E-state index is -0.522. The second-order valence-corrected chi connectivity index (χ2v) is 6.04. The maximum Gasteiger partial charge on any atom is 0.332 e. The first-order chi connectivity index (χ1) is 9.88. The van der Waals surface area contributed by atoms with Crippen LogP contribution in [0.2, 0.25) is 0 Å². The van der Waals surface area contributed by atoms with Gasteiger partial charge in [0, 0.05) is 27.2 Å². The lowest BCUT2D eigenvalue weighted by Gasteiger charge is -2.35. The van der Waals surface area contributed by atoms with Crippen molar-refractivity contribution in [3.05, 3.63) is 26.4 Å². The van der Waals surface area contributed by atoms with Crippen molar-refractivity contribution in [1.82, 2.24) is 9.13 Å². The zero-order chi connectivity index (χ0) is 15.7. The van der Waals surface area contributed by atoms with E-state index in [4.69, 9.17) is 0 Å². The summed E-state index contributed by atoms with van der Waals surface area (Å²) in [6.07, 6.45) is 4.31. The summed E-state index contributed by atoms with van der Waals surface area (Å²) in [5.74, 6) is 1.16. The van der Waals surface area contributed by atoms with Crippen LogP contribution in [0.15, 0.2) is 9.59 Å². The van der Waals surface area contributed by atoms with Gasteiger partial charge in [-0.05, 0) is 31.6 Å². The molecule has 2 rings (SSSR count). The zero-order valence-corrected chi connectivity index (χ0v) is 13.1. The van der Waals surface area contributed by atoms with Crippen LogP contribution in [0.4, 0.5) is 5.82 Å². The van der Waals surface area contributed by atoms with Gasteiger partial charge >= 0.3 is 5.69 Å². The number of hydrogen-bond donors (Lipinski definition) is 0. The van der Waals surface area contributed by atoms with Gasteiger partial charge in [0.2, 0.25) is 0 Å². The fourth-order valence-corrected chi connectivity index (χ4v) is 3.15. The number of anilines is 1. The van der Waals surface area contributed by atoms with E-state index in [0.29, 0.717) is 5.82 Å². The van der Waals surface area contributed by atoms with Crippen LogP contribution in [0, 0.1) is 17.2 Å². The first kappa shape index (κ1) is 15.4. The Hall–Kier alpha value is -2.03. The van der Waals surface area contributed by atoms with Gasteiger partial charge in [-0.15, -0.1) is 0 Å². The maximum absolute atomic E-state index is 12.1. The van der Waals surface area contributed by atoms with Gasteiger partial charge in [-0.1, -0.05) is 6.92 Å². The number of nitrogens with zero attached hydrogens (tertiary/aromatic N) is 4. The molecule has 0 N–H and O–H groups in total. The molecule has 6 heteroatoms. The highest BCUT2D eigenvalue weighted by Gasteiger charge is 2.26. The van der Waals surface area contributed by atoms with Gasteiger partial charge < -0.3 is 4.90 Å². The molecular weight excluding hydrogens is 268 g/mol. The topological polar surface area (TPSA) is 71.0 Å². The number of nitriles is 1. The summed E-state index contributed by atoms with van der Waals surface area (Å²) in [6.45, 7) is 2.24. The third kappa shape index (κ3) is 2.60. The summed E-state index contributed by atoms with van der Waals surface area (Å²) in [7, 11) is 4.88. The van der Waals surface area contributed by atoms with Crippen LogP contribution in [0.25, 0.3) is 0 Å². The Morgan fingerprint density at radius 1 is 1.14 bits per heavy atom. The smallest absolute Gasteiger partial charge is 0.332 e. The van der Waals surface area contributed by atoms with E-state index in [1.165, 1.54) is 11.6 Å². The molecule has 0 bridgehead atoms. The molecule has 0 atom stereocenters. The highest BCUT2D eigenvalue weighted by atomic mass is 16.2. The molecule has 0 spiro atoms. The van der Waals surface area contributed by atoms with Crippen LogP contribution < -0.4 is 16.1 Å². The van der Waals surface area contributed by atoms with Gasteiger partial charge in [-0.25, -0.2) is 4.79 Å². The molecule has 0 amide bonds. The summed E-state index contributed by atoms with van der Waals surface area (Å²) in [5, 5.41) is 9.32. The first-order valence-electron chi connectivity index (χ1n) is 7.31. The van der Waals surface area contributed by atoms with Crippen molar-refractivity contribution in [2.24, 2.45) is 20.0 Å². The lowest BCUT2D eigenvalue weighted by Crippen LogP contribution is -2.45. The largest absolute Gasteiger partial charge is 0.357 e. The fourth-order valence-electron chi connectivity index (χ4n) is 3.15. The van der Waals surface area contributed by atoms with Crippen LogP contribution in [0.5, 0.6) is 0 Å². The summed E-state index contributed by atoms with van der Waals surface area (Å²) in [4.78, 5) is 26.2. The van der Waals surface area contributed by atoms with E-state index < -0.39 is 11.2 Å². The van der Waals surface area contributed by atoms with Gasteiger partial charge in [0.15, 0.2) is 5.56 Å². The molecule has 1 aromatic heterocycles. The van der Waals surface area contributed by atoms with Crippen molar-refractivity contribution in [2.75, 3.05) is 11.9 Å². The summed E-state index contributed by atoms with van der Waals surface area (Å²) in [5.41, 5.74) is -0.877. The zero-order valence-electron chi connectivity index (χ0n) is 13.1. The van der Waals surface area contributed by atoms with E-state index in [-0.39, 0.29) is 11.6 Å². The van der Waals surface area contributed by atoms with Gasteiger partial charge in [-0.3, -0.25) is 13.9 Å². The predicted molar refractivity (Wildman–Crippen MR) is 81.5 cm³/mol. The maximum atomic E-state index is 12.1. The fraction of sp³-hybridized carbons (Fsp3) is 0.667. The van der Waals surface area contributed by atoms with Crippen LogP contribution in [0.1, 0.15) is 38.2 Å². The average molecular weight is 290 g/mol. The van der Waals surface area contributed by atoms with E-state index in [9.17, 15) is 14.9 Å². The Labute approximate surface area is 124 Å². The molecule has 1 aromatic rings. The molecule has 0 saturated heterocycles. The molecule has 1 fully saturated rings. The van der Waals surface area contributed by atoms with Crippen LogP contribution in [-0.4, -0.2) is 22.2 Å². The van der Waals surface area contributed by atoms with Gasteiger partial charge in [-0.2, -0.15) is 5.26 Å². The van der Waals surface area contributed by atoms with Crippen molar-refractivity contribution in [1.29, 1.82) is 5.26 Å². The molecule has 21 heavy (non-hydrogen) atoms. The average Bonchev–Trinajstić information content (AvgIpc) is 2.48. The molecule has 1 saturated carbocycles. The predicted octanol–water partition coefficient (Wildman–Crippen LogP) is 0.971. The molecule has 6 nitrogen and oxygen atoms in total. The third-order valence-electron chi connectivity index (χ3n) is 4.61. The van der Waals surface area contributed by atoms with Crippen LogP contribution in [0.3, 0.4) is 0 Å². The Morgan fingerprint density at radius 2 is 1.71 bits per heavy atom. The highest BCUT2D eigenvalue weighted by Crippen LogP contribution is 2.29. The minimum absolute atomic E-state index is 0.0423. The second kappa shape index (κ2) is 5.76. The number of aromatic nitrogens is 2. The van der Waals surface area contributed by atoms with Crippen molar-refractivity contribution in [2.45, 2.75) is 38.6 Å². The van der Waals surface area contributed by atoms with Crippen LogP contribution in [-0.2, 0) is 14.1 Å². The lowest BCUT2D eigenvalue weighted by molar-refractivity contribution is 0.338. The standard InChI is InChI=1S/C15H22N4O2/c1-10-5-7-11(8-6-10)17(2)13-12(9-16)14(20)19(4)15(21)18(13)3/h10-11H,5-8H2,1-4H3. The molecule has 114 valence electrons. The monoisotopic (exact) mass is 290 g/mol. The van der Waals surface area contributed by atoms with Crippen molar-refractivity contribution < 1.29 is 0 Å². The molecule has 0 aromatic carbocycles. The molecule has 0 radical (unpaired) electrons. The summed E-state index contributed by atoms with van der Waals surface area (Å²) >= 11 is 0. The first-order valence-corrected chi connectivity index (χ1v) is 7.31. The van der Waals surface area contributed by atoms with Gasteiger partial charge in [0.1, 0.15) is 11.9 Å². The second-order valence-electron chi connectivity index (χ2n) is 6.04. The lowest BCUT2D eigenvalue weighted by atomic mass is 9.86. The van der Waals surface area contributed by atoms with Gasteiger partial charge in [0.05, 0.1) is 0 Å². The number of rotatable bonds is 2. The van der Waals surface area contributed by atoms with Crippen molar-refractivity contribution >= 4 is 5.82 Å². The van der Waals surface area contributed by atoms with E-state index in [1.807, 2.05) is 18.0 Å². The highest BCUT2D eigenvalue weighted by molar-refractivity contribution is 5.53. The quantitative estimate of drug-likeness (QED) is 0.813. The SMILES string of the molecule is CC1CCC(N(C)c2c(C#N)c(=O)n(C)c(=O)n2C)CC1. The minimum Gasteiger partial charge on any atom is -0.357 e. The Kier molecular flexibility index (Phi) is 4.21. The Bertz CT molecular complexity index is 687. The van der Waals surface area contributed by atoms with Crippen LogP contribution >= 0.6 is 0 Å². The van der Waals surface area contributed by atoms with Crippen molar-refractivity contribution in [3.8, 4) is 6.07 Å². The molecule has 1 aliphatic rings. The van der Waals surface area contributed by atoms with E-state index >= 15 is 0 Å². The van der Waals surface area contributed by atoms with E-state index in [0.717, 1.165) is 36.2 Å². The Balaban J connectivity index is 2.51.